The molecule has 32 heavy (non-hydrogen) atoms. The van der Waals surface area contributed by atoms with Gasteiger partial charge in [-0.05, 0) is 54.1 Å². The number of carbonyl (C=O) groups is 3. The molecule has 0 aliphatic rings. The zero-order valence-electron chi connectivity index (χ0n) is 17.0. The number of carbonyl (C=O) groups excluding carboxylic acids is 3. The summed E-state index contributed by atoms with van der Waals surface area (Å²) in [7, 11) is 1.54. The number of hydrazone groups is 1. The van der Waals surface area contributed by atoms with Crippen molar-refractivity contribution in [2.24, 2.45) is 5.10 Å². The van der Waals surface area contributed by atoms with E-state index < -0.39 is 17.7 Å². The van der Waals surface area contributed by atoms with Gasteiger partial charge in [-0.2, -0.15) is 5.10 Å². The zero-order valence-corrected chi connectivity index (χ0v) is 18.5. The molecule has 0 spiro atoms. The Labute approximate surface area is 192 Å². The van der Waals surface area contributed by atoms with Crippen LogP contribution in [0.5, 0.6) is 5.75 Å². The molecule has 3 aromatic rings. The van der Waals surface area contributed by atoms with E-state index in [1.807, 2.05) is 0 Å². The maximum absolute atomic E-state index is 12.6. The second kappa shape index (κ2) is 10.9. The van der Waals surface area contributed by atoms with E-state index in [4.69, 9.17) is 4.74 Å². The smallest absolute Gasteiger partial charge is 0.329 e. The van der Waals surface area contributed by atoms with Crippen molar-refractivity contribution in [3.8, 4) is 5.75 Å². The standard InChI is InChI=1S/C23H19BrN4O4/c1-32-18-6-4-5-15(13-18)14-25-28-23(31)22(30)27-20-8-3-2-7-19(20)21(29)26-17-11-9-16(24)10-12-17/h2-14H,1H3,(H,26,29)(H,27,30)(H,28,31)/b25-14+. The Hall–Kier alpha value is -3.98. The number of nitrogens with one attached hydrogen (secondary N) is 3. The van der Waals surface area contributed by atoms with Gasteiger partial charge in [-0.15, -0.1) is 0 Å². The molecule has 3 aromatic carbocycles. The Morgan fingerprint density at radius 3 is 2.41 bits per heavy atom. The highest BCUT2D eigenvalue weighted by atomic mass is 79.9. The van der Waals surface area contributed by atoms with Crippen LogP contribution in [0.2, 0.25) is 0 Å². The molecular weight excluding hydrogens is 476 g/mol. The number of ether oxygens (including phenoxy) is 1. The average molecular weight is 495 g/mol. The van der Waals surface area contributed by atoms with E-state index >= 15 is 0 Å². The Morgan fingerprint density at radius 2 is 1.66 bits per heavy atom. The van der Waals surface area contributed by atoms with E-state index in [-0.39, 0.29) is 11.3 Å². The molecule has 3 rings (SSSR count). The van der Waals surface area contributed by atoms with Gasteiger partial charge in [0.05, 0.1) is 24.6 Å². The van der Waals surface area contributed by atoms with E-state index in [2.05, 4.69) is 37.1 Å². The normalized spacial score (nSPS) is 10.4. The summed E-state index contributed by atoms with van der Waals surface area (Å²) in [6.07, 6.45) is 1.38. The fraction of sp³-hybridized carbons (Fsp3) is 0.0435. The van der Waals surface area contributed by atoms with Gasteiger partial charge in [0, 0.05) is 10.2 Å². The van der Waals surface area contributed by atoms with E-state index in [1.54, 1.807) is 73.8 Å². The number of rotatable bonds is 6. The van der Waals surface area contributed by atoms with Gasteiger partial charge in [-0.25, -0.2) is 5.43 Å². The van der Waals surface area contributed by atoms with Crippen LogP contribution in [-0.4, -0.2) is 31.0 Å². The number of halogens is 1. The molecule has 8 nitrogen and oxygen atoms in total. The molecule has 3 amide bonds. The third kappa shape index (κ3) is 6.26. The van der Waals surface area contributed by atoms with Crippen LogP contribution in [0, 0.1) is 0 Å². The summed E-state index contributed by atoms with van der Waals surface area (Å²) in [5, 5.41) is 8.96. The minimum atomic E-state index is -0.979. The first-order valence-corrected chi connectivity index (χ1v) is 10.2. The van der Waals surface area contributed by atoms with Gasteiger partial charge in [0.1, 0.15) is 5.75 Å². The SMILES string of the molecule is COc1cccc(/C=N/NC(=O)C(=O)Nc2ccccc2C(=O)Nc2ccc(Br)cc2)c1. The lowest BCUT2D eigenvalue weighted by atomic mass is 10.1. The molecule has 0 fully saturated rings. The molecule has 3 N–H and O–H groups in total. The van der Waals surface area contributed by atoms with Crippen LogP contribution < -0.4 is 20.8 Å². The molecule has 0 radical (unpaired) electrons. The fourth-order valence-corrected chi connectivity index (χ4v) is 2.90. The first-order chi connectivity index (χ1) is 15.5. The van der Waals surface area contributed by atoms with Gasteiger partial charge in [0.25, 0.3) is 5.91 Å². The van der Waals surface area contributed by atoms with Crippen molar-refractivity contribution >= 4 is 51.2 Å². The van der Waals surface area contributed by atoms with Crippen molar-refractivity contribution in [3.63, 3.8) is 0 Å². The monoisotopic (exact) mass is 494 g/mol. The second-order valence-electron chi connectivity index (χ2n) is 6.44. The number of methoxy groups -OCH3 is 1. The average Bonchev–Trinajstić information content (AvgIpc) is 2.81. The molecule has 0 bridgehead atoms. The zero-order chi connectivity index (χ0) is 22.9. The molecule has 162 valence electrons. The van der Waals surface area contributed by atoms with Gasteiger partial charge in [0.2, 0.25) is 0 Å². The van der Waals surface area contributed by atoms with Gasteiger partial charge in [0.15, 0.2) is 0 Å². The highest BCUT2D eigenvalue weighted by Crippen LogP contribution is 2.19. The summed E-state index contributed by atoms with van der Waals surface area (Å²) in [5.74, 6) is -1.74. The van der Waals surface area contributed by atoms with Crippen LogP contribution >= 0.6 is 15.9 Å². The lowest BCUT2D eigenvalue weighted by Gasteiger charge is -2.11. The Morgan fingerprint density at radius 1 is 0.906 bits per heavy atom. The molecule has 0 aliphatic heterocycles. The second-order valence-corrected chi connectivity index (χ2v) is 7.35. The van der Waals surface area contributed by atoms with Gasteiger partial charge in [-0.3, -0.25) is 14.4 Å². The molecule has 9 heteroatoms. The van der Waals surface area contributed by atoms with Crippen LogP contribution in [0.25, 0.3) is 0 Å². The van der Waals surface area contributed by atoms with Crippen molar-refractivity contribution < 1.29 is 19.1 Å². The molecule has 0 atom stereocenters. The first kappa shape index (κ1) is 22.7. The van der Waals surface area contributed by atoms with Crippen LogP contribution in [-0.2, 0) is 9.59 Å². The van der Waals surface area contributed by atoms with E-state index in [1.165, 1.54) is 12.3 Å². The molecular formula is C23H19BrN4O4. The lowest BCUT2D eigenvalue weighted by molar-refractivity contribution is -0.136. The van der Waals surface area contributed by atoms with Crippen molar-refractivity contribution in [1.82, 2.24) is 5.43 Å². The number of amides is 3. The summed E-state index contributed by atoms with van der Waals surface area (Å²) in [5.41, 5.74) is 3.82. The van der Waals surface area contributed by atoms with E-state index in [9.17, 15) is 14.4 Å². The van der Waals surface area contributed by atoms with Crippen LogP contribution in [0.3, 0.4) is 0 Å². The summed E-state index contributed by atoms with van der Waals surface area (Å²) in [6, 6.07) is 20.4. The number of nitrogens with zero attached hydrogens (tertiary/aromatic N) is 1. The van der Waals surface area contributed by atoms with Gasteiger partial charge >= 0.3 is 11.8 Å². The Balaban J connectivity index is 1.63. The highest BCUT2D eigenvalue weighted by Gasteiger charge is 2.17. The van der Waals surface area contributed by atoms with Gasteiger partial charge < -0.3 is 15.4 Å². The number of para-hydroxylation sites is 1. The third-order valence-electron chi connectivity index (χ3n) is 4.20. The van der Waals surface area contributed by atoms with Crippen molar-refractivity contribution in [2.45, 2.75) is 0 Å². The minimum Gasteiger partial charge on any atom is -0.497 e. The molecule has 0 saturated carbocycles. The molecule has 0 aromatic heterocycles. The topological polar surface area (TPSA) is 109 Å². The maximum Gasteiger partial charge on any atom is 0.329 e. The predicted octanol–water partition coefficient (Wildman–Crippen LogP) is 3.80. The van der Waals surface area contributed by atoms with Gasteiger partial charge in [-0.1, -0.05) is 40.2 Å². The van der Waals surface area contributed by atoms with E-state index in [0.717, 1.165) is 4.47 Å². The van der Waals surface area contributed by atoms with Crippen LogP contribution in [0.4, 0.5) is 11.4 Å². The molecule has 0 unspecified atom stereocenters. The molecule has 0 saturated heterocycles. The minimum absolute atomic E-state index is 0.194. The Bertz CT molecular complexity index is 1160. The lowest BCUT2D eigenvalue weighted by Crippen LogP contribution is -2.33. The van der Waals surface area contributed by atoms with Crippen LogP contribution in [0.1, 0.15) is 15.9 Å². The van der Waals surface area contributed by atoms with Crippen LogP contribution in [0.15, 0.2) is 82.4 Å². The van der Waals surface area contributed by atoms with Crippen molar-refractivity contribution in [1.29, 1.82) is 0 Å². The molecule has 0 heterocycles. The summed E-state index contributed by atoms with van der Waals surface area (Å²) < 4.78 is 5.99. The number of anilines is 2. The first-order valence-electron chi connectivity index (χ1n) is 9.40. The maximum atomic E-state index is 12.6. The quantitative estimate of drug-likeness (QED) is 0.275. The van der Waals surface area contributed by atoms with Crippen molar-refractivity contribution in [2.75, 3.05) is 17.7 Å². The summed E-state index contributed by atoms with van der Waals surface area (Å²) in [4.78, 5) is 37.0. The number of hydrogen-bond acceptors (Lipinski definition) is 5. The number of hydrogen-bond donors (Lipinski definition) is 3. The fourth-order valence-electron chi connectivity index (χ4n) is 2.64. The third-order valence-corrected chi connectivity index (χ3v) is 4.73. The Kier molecular flexibility index (Phi) is 7.71. The predicted molar refractivity (Wildman–Crippen MR) is 126 cm³/mol. The summed E-state index contributed by atoms with van der Waals surface area (Å²) in [6.45, 7) is 0. The van der Waals surface area contributed by atoms with Crippen molar-refractivity contribution in [3.05, 3.63) is 88.4 Å². The largest absolute Gasteiger partial charge is 0.497 e. The highest BCUT2D eigenvalue weighted by molar-refractivity contribution is 9.10. The van der Waals surface area contributed by atoms with E-state index in [0.29, 0.717) is 17.0 Å². The molecule has 0 aliphatic carbocycles. The number of benzene rings is 3. The summed E-state index contributed by atoms with van der Waals surface area (Å²) >= 11 is 3.33.